The van der Waals surface area contributed by atoms with Crippen LogP contribution >= 0.6 is 23.1 Å². The number of nitrogens with two attached hydrogens (primary N) is 1. The number of nitrogens with one attached hydrogen (secondary N) is 1. The van der Waals surface area contributed by atoms with E-state index in [0.717, 1.165) is 11.3 Å². The van der Waals surface area contributed by atoms with Crippen molar-refractivity contribution in [1.29, 1.82) is 0 Å². The largest absolute Gasteiger partial charge is 0.543 e. The highest BCUT2D eigenvalue weighted by Crippen LogP contribution is 2.41. The van der Waals surface area contributed by atoms with E-state index in [0.29, 0.717) is 24.3 Å². The summed E-state index contributed by atoms with van der Waals surface area (Å²) in [6.45, 7) is 0.636. The molecule has 35 heavy (non-hydrogen) atoms. The maximum absolute atomic E-state index is 12.9. The molecule has 1 fully saturated rings. The first kappa shape index (κ1) is 24.4. The number of oxime groups is 1. The van der Waals surface area contributed by atoms with E-state index >= 15 is 0 Å². The molecule has 2 aromatic rings. The van der Waals surface area contributed by atoms with Gasteiger partial charge >= 0.3 is 0 Å². The number of allylic oxidation sites excluding steroid dienone is 2. The van der Waals surface area contributed by atoms with Gasteiger partial charge in [0.2, 0.25) is 0 Å². The number of nitrogen functional groups attached to an aromatic ring is 1. The van der Waals surface area contributed by atoms with E-state index in [4.69, 9.17) is 10.6 Å². The summed E-state index contributed by atoms with van der Waals surface area (Å²) in [6.07, 6.45) is 8.02. The molecule has 0 unspecified atom stereocenters. The van der Waals surface area contributed by atoms with Gasteiger partial charge in [-0.25, -0.2) is 9.55 Å². The second-order valence-electron chi connectivity index (χ2n) is 7.54. The van der Waals surface area contributed by atoms with Crippen molar-refractivity contribution in [3.05, 3.63) is 65.1 Å². The number of amides is 2. The number of anilines is 1. The predicted octanol–water partition coefficient (Wildman–Crippen LogP) is -0.586. The Morgan fingerprint density at radius 1 is 1.37 bits per heavy atom. The van der Waals surface area contributed by atoms with Crippen molar-refractivity contribution in [1.82, 2.24) is 15.2 Å². The van der Waals surface area contributed by atoms with Crippen molar-refractivity contribution in [2.24, 2.45) is 5.16 Å². The van der Waals surface area contributed by atoms with Crippen LogP contribution in [0.25, 0.3) is 0 Å². The second-order valence-corrected chi connectivity index (χ2v) is 9.54. The maximum Gasteiger partial charge on any atom is 0.276 e. The Morgan fingerprint density at radius 3 is 2.80 bits per heavy atom. The molecular formula is C22H22N6O5S2. The maximum atomic E-state index is 12.9. The van der Waals surface area contributed by atoms with Gasteiger partial charge in [-0.2, -0.15) is 0 Å². The second kappa shape index (κ2) is 10.7. The lowest BCUT2D eigenvalue weighted by molar-refractivity contribution is -0.687. The van der Waals surface area contributed by atoms with Crippen molar-refractivity contribution in [2.45, 2.75) is 24.4 Å². The summed E-state index contributed by atoms with van der Waals surface area (Å²) in [5, 5.41) is 19.5. The van der Waals surface area contributed by atoms with Crippen LogP contribution < -0.4 is 20.7 Å². The standard InChI is InChI=1S/C22H22N6O5S2/c1-33-26-15(14-12-35-22(23)24-14)18(29)25-16-19(30)28-17(21(31)32)13(11-34-20(16)28)7-3-6-10-27-8-4-2-5-9-27/h2-6,8-9,12,16,20H,7,10-11H2,1H3,(H3-,23,24,25,29,31,32)/b6-3-,26-15-/t16-,20-/m1/s1. The zero-order valence-corrected chi connectivity index (χ0v) is 20.3. The van der Waals surface area contributed by atoms with Crippen LogP contribution in [0.15, 0.2) is 64.6 Å². The molecule has 4 heterocycles. The summed E-state index contributed by atoms with van der Waals surface area (Å²) in [5.74, 6) is -2.25. The summed E-state index contributed by atoms with van der Waals surface area (Å²) in [4.78, 5) is 47.5. The molecule has 2 atom stereocenters. The number of hydrogen-bond acceptors (Lipinski definition) is 10. The van der Waals surface area contributed by atoms with Gasteiger partial charge in [-0.05, 0) is 18.1 Å². The summed E-state index contributed by atoms with van der Waals surface area (Å²) in [6, 6.07) is 4.84. The average Bonchev–Trinajstić information content (AvgIpc) is 3.29. The summed E-state index contributed by atoms with van der Waals surface area (Å²) < 4.78 is 1.98. The first-order valence-corrected chi connectivity index (χ1v) is 12.4. The number of aromatic nitrogens is 2. The van der Waals surface area contributed by atoms with Gasteiger partial charge in [0, 0.05) is 23.3 Å². The monoisotopic (exact) mass is 514 g/mol. The fraction of sp³-hybridized carbons (Fsp3) is 0.273. The van der Waals surface area contributed by atoms with Crippen molar-refractivity contribution in [3.63, 3.8) is 0 Å². The van der Waals surface area contributed by atoms with Crippen molar-refractivity contribution in [3.8, 4) is 0 Å². The number of carboxylic acid groups (broad SMARTS) is 1. The molecule has 2 aliphatic rings. The normalized spacial score (nSPS) is 20.0. The highest BCUT2D eigenvalue weighted by molar-refractivity contribution is 8.00. The fourth-order valence-electron chi connectivity index (χ4n) is 3.71. The number of hydrogen-bond donors (Lipinski definition) is 2. The van der Waals surface area contributed by atoms with Gasteiger partial charge in [-0.3, -0.25) is 14.5 Å². The van der Waals surface area contributed by atoms with Gasteiger partial charge in [0.25, 0.3) is 11.8 Å². The first-order valence-electron chi connectivity index (χ1n) is 10.5. The summed E-state index contributed by atoms with van der Waals surface area (Å²) in [5.41, 5.74) is 6.15. The van der Waals surface area contributed by atoms with E-state index in [-0.39, 0.29) is 22.2 Å². The van der Waals surface area contributed by atoms with Crippen LogP contribution in [0.2, 0.25) is 0 Å². The Hall–Kier alpha value is -3.71. The quantitative estimate of drug-likeness (QED) is 0.148. The zero-order valence-electron chi connectivity index (χ0n) is 18.6. The summed E-state index contributed by atoms with van der Waals surface area (Å²) >= 11 is 2.50. The van der Waals surface area contributed by atoms with E-state index in [2.05, 4.69) is 15.5 Å². The topological polar surface area (TPSA) is 154 Å². The highest BCUT2D eigenvalue weighted by atomic mass is 32.2. The predicted molar refractivity (Wildman–Crippen MR) is 128 cm³/mol. The van der Waals surface area contributed by atoms with Crippen LogP contribution in [0, 0.1) is 0 Å². The van der Waals surface area contributed by atoms with E-state index in [1.54, 1.807) is 5.38 Å². The molecule has 4 rings (SSSR count). The van der Waals surface area contributed by atoms with E-state index in [1.807, 2.05) is 47.3 Å². The third-order valence-electron chi connectivity index (χ3n) is 5.31. The molecule has 11 nitrogen and oxygen atoms in total. The minimum absolute atomic E-state index is 0.134. The van der Waals surface area contributed by atoms with Crippen LogP contribution in [0.4, 0.5) is 5.13 Å². The molecule has 2 amide bonds. The molecule has 13 heteroatoms. The molecule has 0 spiro atoms. The van der Waals surface area contributed by atoms with Crippen LogP contribution in [0.1, 0.15) is 12.1 Å². The number of fused-ring (bicyclic) bond motifs is 1. The Morgan fingerprint density at radius 2 is 2.14 bits per heavy atom. The van der Waals surface area contributed by atoms with Gasteiger partial charge in [-0.15, -0.1) is 23.1 Å². The number of thiazole rings is 1. The lowest BCUT2D eigenvalue weighted by Crippen LogP contribution is -2.71. The van der Waals surface area contributed by atoms with Crippen molar-refractivity contribution >= 4 is 51.7 Å². The molecule has 1 saturated heterocycles. The van der Waals surface area contributed by atoms with Gasteiger partial charge in [0.05, 0.1) is 11.7 Å². The van der Waals surface area contributed by atoms with Crippen LogP contribution in [0.5, 0.6) is 0 Å². The first-order chi connectivity index (χ1) is 16.9. The van der Waals surface area contributed by atoms with E-state index < -0.39 is 29.2 Å². The van der Waals surface area contributed by atoms with E-state index in [9.17, 15) is 19.5 Å². The Bertz CT molecular complexity index is 1230. The Balaban J connectivity index is 1.44. The zero-order chi connectivity index (χ0) is 24.9. The molecule has 0 aromatic carbocycles. The molecule has 0 radical (unpaired) electrons. The smallest absolute Gasteiger partial charge is 0.276 e. The molecule has 0 bridgehead atoms. The number of carboxylic acids is 1. The minimum Gasteiger partial charge on any atom is -0.543 e. The molecule has 182 valence electrons. The van der Waals surface area contributed by atoms with Crippen molar-refractivity contribution in [2.75, 3.05) is 18.6 Å². The fourth-order valence-corrected chi connectivity index (χ4v) is 5.62. The van der Waals surface area contributed by atoms with Crippen LogP contribution in [0.3, 0.4) is 0 Å². The average molecular weight is 515 g/mol. The van der Waals surface area contributed by atoms with E-state index in [1.165, 1.54) is 23.8 Å². The number of carbonyl (C=O) groups is 3. The molecule has 2 aromatic heterocycles. The minimum atomic E-state index is -1.42. The number of β-lactam (4-membered cyclic amide) rings is 1. The number of aliphatic carboxylic acids is 1. The van der Waals surface area contributed by atoms with Crippen molar-refractivity contribution < 1.29 is 28.9 Å². The van der Waals surface area contributed by atoms with Crippen LogP contribution in [-0.2, 0) is 25.8 Å². The highest BCUT2D eigenvalue weighted by Gasteiger charge is 2.53. The molecule has 3 N–H and O–H groups in total. The lowest BCUT2D eigenvalue weighted by Gasteiger charge is -2.50. The Kier molecular flexibility index (Phi) is 7.46. The molecule has 0 saturated carbocycles. The van der Waals surface area contributed by atoms with Gasteiger partial charge < -0.3 is 25.8 Å². The number of pyridine rings is 1. The number of carbonyl (C=O) groups excluding carboxylic acids is 3. The lowest BCUT2D eigenvalue weighted by atomic mass is 10.0. The third-order valence-corrected chi connectivity index (χ3v) is 7.33. The van der Waals surface area contributed by atoms with Gasteiger partial charge in [0.1, 0.15) is 24.2 Å². The number of rotatable bonds is 9. The number of nitrogens with zero attached hydrogens (tertiary/aromatic N) is 4. The van der Waals surface area contributed by atoms with Crippen LogP contribution in [-0.4, -0.2) is 57.7 Å². The SMILES string of the molecule is CO/N=C(\C(=O)N[C@@H]1C(=O)N2C(C(=O)[O-])=C(C/C=C\C[n+]3ccccc3)CS[C@H]12)c1csc(N)n1. The molecular weight excluding hydrogens is 492 g/mol. The molecule has 0 aliphatic carbocycles. The third kappa shape index (κ3) is 5.20. The molecule has 2 aliphatic heterocycles. The van der Waals surface area contributed by atoms with Gasteiger partial charge in [-0.1, -0.05) is 17.3 Å². The Labute approximate surface area is 209 Å². The summed E-state index contributed by atoms with van der Waals surface area (Å²) in [7, 11) is 1.28. The van der Waals surface area contributed by atoms with Gasteiger partial charge in [0.15, 0.2) is 29.8 Å². The number of thioether (sulfide) groups is 1.